The molecule has 116 valence electrons. The molecule has 21 heavy (non-hydrogen) atoms. The first-order valence-corrected chi connectivity index (χ1v) is 9.23. The Morgan fingerprint density at radius 3 is 2.24 bits per heavy atom. The largest absolute Gasteiger partial charge is 0.240 e. The molecule has 2 aliphatic rings. The maximum Gasteiger partial charge on any atom is 0.240 e. The van der Waals surface area contributed by atoms with Crippen LogP contribution in [0.3, 0.4) is 0 Å². The molecule has 0 spiro atoms. The van der Waals surface area contributed by atoms with E-state index in [-0.39, 0.29) is 16.9 Å². The van der Waals surface area contributed by atoms with Crippen LogP contribution in [0.15, 0.2) is 29.2 Å². The molecule has 3 nitrogen and oxygen atoms in total. The van der Waals surface area contributed by atoms with Crippen molar-refractivity contribution in [2.45, 2.75) is 57.9 Å². The molecule has 1 N–H and O–H groups in total. The highest BCUT2D eigenvalue weighted by Crippen LogP contribution is 2.65. The fourth-order valence-electron chi connectivity index (χ4n) is 4.41. The summed E-state index contributed by atoms with van der Waals surface area (Å²) >= 11 is 0. The average Bonchev–Trinajstić information content (AvgIpc) is 2.70. The Kier molecular flexibility index (Phi) is 3.27. The number of rotatable bonds is 3. The summed E-state index contributed by atoms with van der Waals surface area (Å²) in [5.74, 6) is 0.447. The Bertz CT molecular complexity index is 645. The zero-order valence-electron chi connectivity index (χ0n) is 13.3. The quantitative estimate of drug-likeness (QED) is 0.929. The van der Waals surface area contributed by atoms with E-state index in [1.165, 1.54) is 6.42 Å². The molecule has 3 rings (SSSR count). The summed E-state index contributed by atoms with van der Waals surface area (Å²) in [5, 5.41) is 0. The van der Waals surface area contributed by atoms with E-state index in [4.69, 9.17) is 0 Å². The van der Waals surface area contributed by atoms with E-state index < -0.39 is 10.0 Å². The van der Waals surface area contributed by atoms with Crippen molar-refractivity contribution in [1.29, 1.82) is 0 Å². The minimum absolute atomic E-state index is 0.0741. The SMILES string of the molecule is Cc1ccc(S(=O)(=O)N[C@H]2C[C@@]3(C)CC[C@@H]2C3(C)C)cc1. The number of benzene rings is 1. The summed E-state index contributed by atoms with van der Waals surface area (Å²) in [5.41, 5.74) is 1.55. The Morgan fingerprint density at radius 2 is 1.76 bits per heavy atom. The number of hydrogen-bond acceptors (Lipinski definition) is 2. The van der Waals surface area contributed by atoms with E-state index >= 15 is 0 Å². The van der Waals surface area contributed by atoms with Gasteiger partial charge >= 0.3 is 0 Å². The molecule has 2 saturated carbocycles. The van der Waals surface area contributed by atoms with Crippen molar-refractivity contribution in [3.05, 3.63) is 29.8 Å². The third-order valence-corrected chi connectivity index (χ3v) is 7.79. The van der Waals surface area contributed by atoms with E-state index in [1.54, 1.807) is 12.1 Å². The standard InChI is InChI=1S/C17H25NO2S/c1-12-5-7-13(8-6-12)21(19,20)18-15-11-17(4)10-9-14(15)16(17,2)3/h5-8,14-15,18H,9-11H2,1-4H3/t14-,15-,17+/m0/s1. The Balaban J connectivity index is 1.83. The van der Waals surface area contributed by atoms with Crippen molar-refractivity contribution in [2.24, 2.45) is 16.7 Å². The van der Waals surface area contributed by atoms with Gasteiger partial charge in [0, 0.05) is 6.04 Å². The summed E-state index contributed by atoms with van der Waals surface area (Å²) in [6, 6.07) is 7.15. The summed E-state index contributed by atoms with van der Waals surface area (Å²) in [6.45, 7) is 8.87. The first kappa shape index (κ1) is 15.0. The van der Waals surface area contributed by atoms with Gasteiger partial charge in [0.05, 0.1) is 4.90 Å². The van der Waals surface area contributed by atoms with Gasteiger partial charge in [-0.2, -0.15) is 0 Å². The van der Waals surface area contributed by atoms with Crippen LogP contribution in [0.2, 0.25) is 0 Å². The van der Waals surface area contributed by atoms with Gasteiger partial charge in [-0.3, -0.25) is 0 Å². The molecule has 2 aliphatic carbocycles. The first-order chi connectivity index (χ1) is 9.66. The van der Waals surface area contributed by atoms with Crippen LogP contribution in [0.5, 0.6) is 0 Å². The van der Waals surface area contributed by atoms with Gasteiger partial charge in [0.25, 0.3) is 0 Å². The van der Waals surface area contributed by atoms with Gasteiger partial charge in [0.1, 0.15) is 0 Å². The highest BCUT2D eigenvalue weighted by Gasteiger charge is 2.60. The van der Waals surface area contributed by atoms with E-state index in [0.717, 1.165) is 18.4 Å². The zero-order chi connectivity index (χ0) is 15.5. The topological polar surface area (TPSA) is 46.2 Å². The molecule has 0 radical (unpaired) electrons. The minimum atomic E-state index is -3.41. The highest BCUT2D eigenvalue weighted by molar-refractivity contribution is 7.89. The molecule has 2 fully saturated rings. The predicted octanol–water partition coefficient (Wildman–Crippen LogP) is 3.49. The molecule has 0 saturated heterocycles. The van der Waals surface area contributed by atoms with Gasteiger partial charge in [-0.05, 0) is 55.1 Å². The fourth-order valence-corrected chi connectivity index (χ4v) is 5.69. The van der Waals surface area contributed by atoms with Crippen LogP contribution in [0.1, 0.15) is 45.6 Å². The highest BCUT2D eigenvalue weighted by atomic mass is 32.2. The number of sulfonamides is 1. The molecule has 0 heterocycles. The van der Waals surface area contributed by atoms with Crippen molar-refractivity contribution in [3.63, 3.8) is 0 Å². The van der Waals surface area contributed by atoms with E-state index in [2.05, 4.69) is 25.5 Å². The molecular formula is C17H25NO2S. The summed E-state index contributed by atoms with van der Waals surface area (Å²) in [6.07, 6.45) is 3.30. The van der Waals surface area contributed by atoms with Gasteiger partial charge in [-0.25, -0.2) is 13.1 Å². The van der Waals surface area contributed by atoms with Crippen LogP contribution in [-0.4, -0.2) is 14.5 Å². The normalized spacial score (nSPS) is 34.3. The summed E-state index contributed by atoms with van der Waals surface area (Å²) in [7, 11) is -3.41. The van der Waals surface area contributed by atoms with Crippen molar-refractivity contribution < 1.29 is 8.42 Å². The maximum absolute atomic E-state index is 12.6. The number of aryl methyl sites for hydroxylation is 1. The van der Waals surface area contributed by atoms with Gasteiger partial charge in [0.2, 0.25) is 10.0 Å². The zero-order valence-corrected chi connectivity index (χ0v) is 14.1. The lowest BCUT2D eigenvalue weighted by Gasteiger charge is -2.33. The molecule has 4 heteroatoms. The summed E-state index contributed by atoms with van der Waals surface area (Å²) in [4.78, 5) is 0.374. The molecule has 2 bridgehead atoms. The second kappa shape index (κ2) is 4.56. The third-order valence-electron chi connectivity index (χ3n) is 6.28. The molecule has 0 unspecified atom stereocenters. The Morgan fingerprint density at radius 1 is 1.14 bits per heavy atom. The number of fused-ring (bicyclic) bond motifs is 2. The van der Waals surface area contributed by atoms with Crippen molar-refractivity contribution in [2.75, 3.05) is 0 Å². The van der Waals surface area contributed by atoms with Crippen LogP contribution in [-0.2, 0) is 10.0 Å². The fraction of sp³-hybridized carbons (Fsp3) is 0.647. The average molecular weight is 307 g/mol. The van der Waals surface area contributed by atoms with Gasteiger partial charge in [-0.1, -0.05) is 38.5 Å². The van der Waals surface area contributed by atoms with Crippen LogP contribution in [0, 0.1) is 23.7 Å². The Labute approximate surface area is 128 Å². The lowest BCUT2D eigenvalue weighted by molar-refractivity contribution is 0.152. The second-order valence-electron chi connectivity index (χ2n) is 7.67. The molecule has 3 atom stereocenters. The predicted molar refractivity (Wildman–Crippen MR) is 84.5 cm³/mol. The van der Waals surface area contributed by atoms with Crippen LogP contribution in [0.25, 0.3) is 0 Å². The number of nitrogens with one attached hydrogen (secondary N) is 1. The molecular weight excluding hydrogens is 282 g/mol. The molecule has 1 aromatic carbocycles. The Hall–Kier alpha value is -0.870. The summed E-state index contributed by atoms with van der Waals surface area (Å²) < 4.78 is 28.1. The van der Waals surface area contributed by atoms with Crippen LogP contribution >= 0.6 is 0 Å². The second-order valence-corrected chi connectivity index (χ2v) is 9.39. The van der Waals surface area contributed by atoms with E-state index in [0.29, 0.717) is 10.8 Å². The third kappa shape index (κ3) is 2.23. The lowest BCUT2D eigenvalue weighted by Crippen LogP contribution is -2.40. The monoisotopic (exact) mass is 307 g/mol. The van der Waals surface area contributed by atoms with Crippen molar-refractivity contribution in [3.8, 4) is 0 Å². The molecule has 0 aliphatic heterocycles. The molecule has 0 amide bonds. The maximum atomic E-state index is 12.6. The number of hydrogen-bond donors (Lipinski definition) is 1. The molecule has 0 aromatic heterocycles. The van der Waals surface area contributed by atoms with Crippen molar-refractivity contribution >= 4 is 10.0 Å². The first-order valence-electron chi connectivity index (χ1n) is 7.75. The molecule has 1 aromatic rings. The van der Waals surface area contributed by atoms with E-state index in [1.807, 2.05) is 19.1 Å². The van der Waals surface area contributed by atoms with E-state index in [9.17, 15) is 8.42 Å². The smallest absolute Gasteiger partial charge is 0.208 e. The van der Waals surface area contributed by atoms with Gasteiger partial charge in [-0.15, -0.1) is 0 Å². The lowest BCUT2D eigenvalue weighted by atomic mass is 9.71. The van der Waals surface area contributed by atoms with Crippen molar-refractivity contribution in [1.82, 2.24) is 4.72 Å². The van der Waals surface area contributed by atoms with Crippen LogP contribution < -0.4 is 4.72 Å². The van der Waals surface area contributed by atoms with Gasteiger partial charge < -0.3 is 0 Å². The van der Waals surface area contributed by atoms with Gasteiger partial charge in [0.15, 0.2) is 0 Å². The van der Waals surface area contributed by atoms with Crippen LogP contribution in [0.4, 0.5) is 0 Å². The minimum Gasteiger partial charge on any atom is -0.208 e.